The molecule has 6 nitrogen and oxygen atoms in total. The Bertz CT molecular complexity index is 509. The lowest BCUT2D eigenvalue weighted by Crippen LogP contribution is -2.35. The number of nitrogens with zero attached hydrogens (tertiary/aromatic N) is 2. The molecule has 1 aromatic heterocycles. The van der Waals surface area contributed by atoms with Gasteiger partial charge in [-0.2, -0.15) is 4.98 Å². The molecule has 2 fully saturated rings. The first-order chi connectivity index (χ1) is 10.6. The van der Waals surface area contributed by atoms with Crippen LogP contribution in [0.15, 0.2) is 6.07 Å². The summed E-state index contributed by atoms with van der Waals surface area (Å²) in [5, 5.41) is 3.47. The molecule has 1 heterocycles. The average molecular weight is 305 g/mol. The van der Waals surface area contributed by atoms with Crippen LogP contribution in [-0.4, -0.2) is 36.3 Å². The number of aromatic nitrogens is 2. The van der Waals surface area contributed by atoms with Gasteiger partial charge in [-0.05, 0) is 25.7 Å². The van der Waals surface area contributed by atoms with Gasteiger partial charge in [0.05, 0.1) is 12.3 Å². The van der Waals surface area contributed by atoms with E-state index in [0.29, 0.717) is 17.9 Å². The van der Waals surface area contributed by atoms with Gasteiger partial charge in [-0.25, -0.2) is 4.98 Å². The van der Waals surface area contributed by atoms with E-state index >= 15 is 0 Å². The van der Waals surface area contributed by atoms with Crippen molar-refractivity contribution in [3.8, 4) is 0 Å². The molecular formula is C16H27N5O. The van der Waals surface area contributed by atoms with Crippen LogP contribution in [0.5, 0.6) is 0 Å². The molecule has 22 heavy (non-hydrogen) atoms. The lowest BCUT2D eigenvalue weighted by Gasteiger charge is -2.32. The molecule has 0 aromatic carbocycles. The van der Waals surface area contributed by atoms with Crippen molar-refractivity contribution in [2.24, 2.45) is 11.1 Å². The topological polar surface area (TPSA) is 99.1 Å². The number of hydrogen-bond acceptors (Lipinski definition) is 6. The zero-order chi connectivity index (χ0) is 15.6. The Balaban J connectivity index is 1.66. The Morgan fingerprint density at radius 1 is 1.32 bits per heavy atom. The van der Waals surface area contributed by atoms with E-state index in [-0.39, 0.29) is 5.41 Å². The van der Waals surface area contributed by atoms with Crippen molar-refractivity contribution in [2.45, 2.75) is 50.5 Å². The molecule has 0 aliphatic heterocycles. The molecule has 2 saturated carbocycles. The fourth-order valence-corrected chi connectivity index (χ4v) is 3.77. The second kappa shape index (κ2) is 6.38. The van der Waals surface area contributed by atoms with Crippen LogP contribution in [0.4, 0.5) is 11.8 Å². The SMILES string of the molecule is COCC1(CNc2cc(C3CC(N)C3)nc(N)n2)CCCC1. The predicted octanol–water partition coefficient (Wildman–Crippen LogP) is 1.88. The van der Waals surface area contributed by atoms with Crippen LogP contribution >= 0.6 is 0 Å². The molecule has 6 heteroatoms. The van der Waals surface area contributed by atoms with Gasteiger partial charge in [-0.3, -0.25) is 0 Å². The van der Waals surface area contributed by atoms with Gasteiger partial charge in [-0.1, -0.05) is 12.8 Å². The summed E-state index contributed by atoms with van der Waals surface area (Å²) in [5.74, 6) is 1.60. The highest BCUT2D eigenvalue weighted by molar-refractivity contribution is 5.42. The fourth-order valence-electron chi connectivity index (χ4n) is 3.77. The van der Waals surface area contributed by atoms with Crippen LogP contribution < -0.4 is 16.8 Å². The van der Waals surface area contributed by atoms with Crippen molar-refractivity contribution in [1.29, 1.82) is 0 Å². The van der Waals surface area contributed by atoms with Gasteiger partial charge in [0.25, 0.3) is 0 Å². The fraction of sp³-hybridized carbons (Fsp3) is 0.750. The van der Waals surface area contributed by atoms with E-state index in [1.54, 1.807) is 7.11 Å². The van der Waals surface area contributed by atoms with Gasteiger partial charge in [0.1, 0.15) is 5.82 Å². The summed E-state index contributed by atoms with van der Waals surface area (Å²) in [5.41, 5.74) is 13.0. The maximum absolute atomic E-state index is 5.87. The Hall–Kier alpha value is -1.40. The van der Waals surface area contributed by atoms with Crippen LogP contribution in [0.3, 0.4) is 0 Å². The third-order valence-corrected chi connectivity index (χ3v) is 5.12. The molecule has 0 amide bonds. The highest BCUT2D eigenvalue weighted by atomic mass is 16.5. The summed E-state index contributed by atoms with van der Waals surface area (Å²) in [6.07, 6.45) is 6.95. The first kappa shape index (κ1) is 15.5. The third-order valence-electron chi connectivity index (χ3n) is 5.12. The Morgan fingerprint density at radius 3 is 2.68 bits per heavy atom. The summed E-state index contributed by atoms with van der Waals surface area (Å²) >= 11 is 0. The van der Waals surface area contributed by atoms with Gasteiger partial charge in [0.15, 0.2) is 0 Å². The summed E-state index contributed by atoms with van der Waals surface area (Å²) in [7, 11) is 1.78. The van der Waals surface area contributed by atoms with E-state index in [4.69, 9.17) is 16.2 Å². The standard InChI is InChI=1S/C16H27N5O/c1-22-10-16(4-2-3-5-16)9-19-14-8-13(20-15(18)21-14)11-6-12(17)7-11/h8,11-12H,2-7,9-10,17H2,1H3,(H3,18,19,20,21). The van der Waals surface area contributed by atoms with E-state index in [1.807, 2.05) is 6.07 Å². The molecule has 0 saturated heterocycles. The normalized spacial score (nSPS) is 26.6. The molecular weight excluding hydrogens is 278 g/mol. The largest absolute Gasteiger partial charge is 0.384 e. The zero-order valence-corrected chi connectivity index (χ0v) is 13.3. The van der Waals surface area contributed by atoms with Crippen molar-refractivity contribution in [1.82, 2.24) is 9.97 Å². The number of ether oxygens (including phenoxy) is 1. The monoisotopic (exact) mass is 305 g/mol. The number of rotatable bonds is 6. The Labute approximate surface area is 132 Å². The summed E-state index contributed by atoms with van der Waals surface area (Å²) < 4.78 is 5.43. The Morgan fingerprint density at radius 2 is 2.05 bits per heavy atom. The maximum atomic E-state index is 5.87. The number of nitrogens with two attached hydrogens (primary N) is 2. The minimum absolute atomic E-state index is 0.230. The second-order valence-corrected chi connectivity index (χ2v) is 6.96. The van der Waals surface area contributed by atoms with Crippen molar-refractivity contribution in [2.75, 3.05) is 31.3 Å². The predicted molar refractivity (Wildman–Crippen MR) is 87.7 cm³/mol. The number of nitrogens with one attached hydrogen (secondary N) is 1. The second-order valence-electron chi connectivity index (χ2n) is 6.96. The van der Waals surface area contributed by atoms with Gasteiger partial charge >= 0.3 is 0 Å². The van der Waals surface area contributed by atoms with E-state index in [1.165, 1.54) is 25.7 Å². The van der Waals surface area contributed by atoms with E-state index in [0.717, 1.165) is 37.5 Å². The highest BCUT2D eigenvalue weighted by Gasteiger charge is 2.34. The lowest BCUT2D eigenvalue weighted by atomic mass is 9.78. The van der Waals surface area contributed by atoms with E-state index in [2.05, 4.69) is 15.3 Å². The molecule has 0 unspecified atom stereocenters. The molecule has 0 bridgehead atoms. The number of hydrogen-bond donors (Lipinski definition) is 3. The van der Waals surface area contributed by atoms with E-state index in [9.17, 15) is 0 Å². The quantitative estimate of drug-likeness (QED) is 0.742. The van der Waals surface area contributed by atoms with Crippen LogP contribution in [-0.2, 0) is 4.74 Å². The van der Waals surface area contributed by atoms with Crippen LogP contribution in [0, 0.1) is 5.41 Å². The van der Waals surface area contributed by atoms with E-state index < -0.39 is 0 Å². The lowest BCUT2D eigenvalue weighted by molar-refractivity contribution is 0.0923. The Kier molecular flexibility index (Phi) is 4.49. The molecule has 1 aromatic rings. The molecule has 2 aliphatic carbocycles. The number of nitrogen functional groups attached to an aromatic ring is 1. The minimum atomic E-state index is 0.230. The van der Waals surface area contributed by atoms with Crippen molar-refractivity contribution in [3.63, 3.8) is 0 Å². The number of anilines is 2. The average Bonchev–Trinajstić information content (AvgIpc) is 2.91. The van der Waals surface area contributed by atoms with Crippen LogP contribution in [0.1, 0.15) is 50.1 Å². The van der Waals surface area contributed by atoms with Gasteiger partial charge in [-0.15, -0.1) is 0 Å². The summed E-state index contributed by atoms with van der Waals surface area (Å²) in [6.45, 7) is 1.67. The molecule has 0 atom stereocenters. The highest BCUT2D eigenvalue weighted by Crippen LogP contribution is 2.39. The molecule has 5 N–H and O–H groups in total. The van der Waals surface area contributed by atoms with Crippen LogP contribution in [0.2, 0.25) is 0 Å². The minimum Gasteiger partial charge on any atom is -0.384 e. The molecule has 122 valence electrons. The maximum Gasteiger partial charge on any atom is 0.222 e. The molecule has 3 rings (SSSR count). The van der Waals surface area contributed by atoms with Gasteiger partial charge in [0.2, 0.25) is 5.95 Å². The third kappa shape index (κ3) is 3.33. The summed E-state index contributed by atoms with van der Waals surface area (Å²) in [4.78, 5) is 8.70. The molecule has 0 radical (unpaired) electrons. The van der Waals surface area contributed by atoms with Crippen LogP contribution in [0.25, 0.3) is 0 Å². The first-order valence-electron chi connectivity index (χ1n) is 8.23. The number of methoxy groups -OCH3 is 1. The van der Waals surface area contributed by atoms with Crippen molar-refractivity contribution in [3.05, 3.63) is 11.8 Å². The molecule has 0 spiro atoms. The van der Waals surface area contributed by atoms with Gasteiger partial charge in [0, 0.05) is 37.1 Å². The van der Waals surface area contributed by atoms with Crippen molar-refractivity contribution >= 4 is 11.8 Å². The first-order valence-corrected chi connectivity index (χ1v) is 8.23. The smallest absolute Gasteiger partial charge is 0.222 e. The van der Waals surface area contributed by atoms with Gasteiger partial charge < -0.3 is 21.5 Å². The summed E-state index contributed by atoms with van der Waals surface area (Å²) in [6, 6.07) is 2.34. The zero-order valence-electron chi connectivity index (χ0n) is 13.3. The molecule has 2 aliphatic rings. The van der Waals surface area contributed by atoms with Crippen molar-refractivity contribution < 1.29 is 4.74 Å².